The maximum Gasteiger partial charge on any atom is 0.421 e. The Bertz CT molecular complexity index is 2620. The van der Waals surface area contributed by atoms with Crippen LogP contribution in [0.25, 0.3) is 61.0 Å². The molecule has 0 bridgehead atoms. The number of anilines is 2. The molecule has 0 atom stereocenters. The van der Waals surface area contributed by atoms with Crippen molar-refractivity contribution in [3.8, 4) is 28.2 Å². The zero-order valence-corrected chi connectivity index (χ0v) is 26.1. The van der Waals surface area contributed by atoms with Crippen LogP contribution >= 0.6 is 0 Å². The summed E-state index contributed by atoms with van der Waals surface area (Å²) in [6.45, 7) is -0.102. The predicted octanol–water partition coefficient (Wildman–Crippen LogP) is 9.86. The van der Waals surface area contributed by atoms with E-state index in [2.05, 4.69) is 190 Å². The minimum absolute atomic E-state index is 0.102. The van der Waals surface area contributed by atoms with Gasteiger partial charge in [0, 0.05) is 33.4 Å². The summed E-state index contributed by atoms with van der Waals surface area (Å²) in [4.78, 5) is 7.76. The lowest BCUT2D eigenvalue weighted by molar-refractivity contribution is 1.14. The van der Waals surface area contributed by atoms with Crippen molar-refractivity contribution < 1.29 is 0 Å². The third-order valence-corrected chi connectivity index (χ3v) is 9.73. The molecule has 48 heavy (non-hydrogen) atoms. The first-order valence-electron chi connectivity index (χ1n) is 16.4. The minimum Gasteiger partial charge on any atom is -0.361 e. The second-order valence-corrected chi connectivity index (χ2v) is 12.4. The summed E-state index contributed by atoms with van der Waals surface area (Å²) in [5.41, 5.74) is 12.6. The Morgan fingerprint density at radius 1 is 0.458 bits per heavy atom. The highest BCUT2D eigenvalue weighted by Gasteiger charge is 2.39. The van der Waals surface area contributed by atoms with Crippen molar-refractivity contribution in [3.63, 3.8) is 0 Å². The molecular formula is C43H29BN4. The maximum atomic E-state index is 5.29. The van der Waals surface area contributed by atoms with Gasteiger partial charge in [0.1, 0.15) is 5.82 Å². The van der Waals surface area contributed by atoms with E-state index in [4.69, 9.17) is 4.98 Å². The Balaban J connectivity index is 1.21. The molecule has 0 saturated carbocycles. The van der Waals surface area contributed by atoms with Crippen LogP contribution in [0.1, 0.15) is 0 Å². The van der Waals surface area contributed by atoms with Crippen LogP contribution in [-0.4, -0.2) is 21.0 Å². The Morgan fingerprint density at radius 3 is 1.85 bits per heavy atom. The number of hydrogen-bond donors (Lipinski definition) is 0. The van der Waals surface area contributed by atoms with E-state index in [1.54, 1.807) is 0 Å². The Morgan fingerprint density at radius 2 is 1.06 bits per heavy atom. The molecule has 3 heterocycles. The summed E-state index contributed by atoms with van der Waals surface area (Å²) in [6, 6.07) is 63.1. The summed E-state index contributed by atoms with van der Waals surface area (Å²) in [5, 5.41) is 2.49. The maximum absolute atomic E-state index is 5.29. The van der Waals surface area contributed by atoms with E-state index in [-0.39, 0.29) is 6.98 Å². The molecular weight excluding hydrogens is 583 g/mol. The third kappa shape index (κ3) is 4.01. The van der Waals surface area contributed by atoms with Crippen LogP contribution in [-0.2, 0) is 0 Å². The van der Waals surface area contributed by atoms with Crippen molar-refractivity contribution in [2.45, 2.75) is 0 Å². The number of para-hydroxylation sites is 5. The lowest BCUT2D eigenvalue weighted by Crippen LogP contribution is -2.54. The van der Waals surface area contributed by atoms with Gasteiger partial charge in [-0.25, -0.2) is 4.98 Å². The normalized spacial score (nSPS) is 12.5. The van der Waals surface area contributed by atoms with Crippen LogP contribution in [0, 0.1) is 0 Å². The SMILES string of the molecule is c1ccc(B2N(c3ccccc3)c3ccc(-c4ccc5c(c4)c4ccccc4n5-c4ccccc4)cc3-c3nc4ccccc4n32)cc1. The zero-order chi connectivity index (χ0) is 31.6. The highest BCUT2D eigenvalue weighted by Crippen LogP contribution is 2.44. The molecule has 2 aromatic heterocycles. The fourth-order valence-electron chi connectivity index (χ4n) is 7.63. The summed E-state index contributed by atoms with van der Waals surface area (Å²) >= 11 is 0. The number of fused-ring (bicyclic) bond motifs is 8. The molecule has 0 radical (unpaired) electrons. The van der Waals surface area contributed by atoms with Crippen LogP contribution in [0.15, 0.2) is 176 Å². The first kappa shape index (κ1) is 26.8. The molecule has 10 rings (SSSR count). The van der Waals surface area contributed by atoms with Gasteiger partial charge < -0.3 is 13.9 Å². The molecule has 0 N–H and O–H groups in total. The van der Waals surface area contributed by atoms with Crippen molar-refractivity contribution in [1.82, 2.24) is 14.0 Å². The molecule has 0 aliphatic carbocycles. The van der Waals surface area contributed by atoms with E-state index in [9.17, 15) is 0 Å². The van der Waals surface area contributed by atoms with Gasteiger partial charge in [0.15, 0.2) is 0 Å². The number of imidazole rings is 1. The van der Waals surface area contributed by atoms with Gasteiger partial charge in [-0.1, -0.05) is 109 Å². The van der Waals surface area contributed by atoms with Gasteiger partial charge in [-0.05, 0) is 83.3 Å². The molecule has 0 amide bonds. The van der Waals surface area contributed by atoms with E-state index >= 15 is 0 Å². The van der Waals surface area contributed by atoms with Gasteiger partial charge in [0.2, 0.25) is 0 Å². The van der Waals surface area contributed by atoms with Crippen molar-refractivity contribution in [1.29, 1.82) is 0 Å². The summed E-state index contributed by atoms with van der Waals surface area (Å²) in [6.07, 6.45) is 0. The average Bonchev–Trinajstić information content (AvgIpc) is 3.71. The number of benzene rings is 7. The third-order valence-electron chi connectivity index (χ3n) is 9.73. The molecule has 1 aliphatic rings. The van der Waals surface area contributed by atoms with Gasteiger partial charge in [-0.2, -0.15) is 0 Å². The van der Waals surface area contributed by atoms with E-state index in [0.717, 1.165) is 45.0 Å². The topological polar surface area (TPSA) is 26.0 Å². The van der Waals surface area contributed by atoms with Crippen molar-refractivity contribution in [2.24, 2.45) is 0 Å². The fourth-order valence-corrected chi connectivity index (χ4v) is 7.63. The summed E-state index contributed by atoms with van der Waals surface area (Å²) in [5.74, 6) is 0.982. The molecule has 0 fully saturated rings. The first-order valence-corrected chi connectivity index (χ1v) is 16.4. The lowest BCUT2D eigenvalue weighted by Gasteiger charge is -2.38. The molecule has 5 heteroatoms. The zero-order valence-electron chi connectivity index (χ0n) is 26.1. The second kappa shape index (κ2) is 10.6. The molecule has 9 aromatic rings. The molecule has 0 saturated heterocycles. The first-order chi connectivity index (χ1) is 23.8. The standard InChI is InChI=1S/C43H29BN4/c1-4-14-32(15-5-1)44-47(34-18-8-3-9-19-34)41-27-25-31(29-37(41)43-45-38-21-11-13-23-42(38)48(43)44)30-24-26-40-36(28-30)35-20-10-12-22-39(35)46(40)33-16-6-2-7-17-33/h1-29H. The van der Waals surface area contributed by atoms with Crippen molar-refractivity contribution in [3.05, 3.63) is 176 Å². The molecule has 0 spiro atoms. The quantitative estimate of drug-likeness (QED) is 0.185. The van der Waals surface area contributed by atoms with Gasteiger partial charge in [0.05, 0.1) is 22.1 Å². The largest absolute Gasteiger partial charge is 0.421 e. The van der Waals surface area contributed by atoms with Gasteiger partial charge in [-0.15, -0.1) is 0 Å². The molecule has 7 aromatic carbocycles. The van der Waals surface area contributed by atoms with Gasteiger partial charge in [0.25, 0.3) is 0 Å². The van der Waals surface area contributed by atoms with E-state index in [1.165, 1.54) is 32.8 Å². The number of aromatic nitrogens is 3. The van der Waals surface area contributed by atoms with E-state index in [0.29, 0.717) is 0 Å². The Labute approximate surface area is 278 Å². The smallest absolute Gasteiger partial charge is 0.361 e. The number of nitrogens with zero attached hydrogens (tertiary/aromatic N) is 4. The molecule has 224 valence electrons. The molecule has 4 nitrogen and oxygen atoms in total. The van der Waals surface area contributed by atoms with Gasteiger partial charge in [-0.3, -0.25) is 0 Å². The lowest BCUT2D eigenvalue weighted by atomic mass is 9.62. The van der Waals surface area contributed by atoms with Crippen LogP contribution in [0.4, 0.5) is 11.4 Å². The highest BCUT2D eigenvalue weighted by atomic mass is 15.2. The van der Waals surface area contributed by atoms with Crippen LogP contribution in [0.2, 0.25) is 0 Å². The summed E-state index contributed by atoms with van der Waals surface area (Å²) in [7, 11) is 0. The van der Waals surface area contributed by atoms with Crippen molar-refractivity contribution in [2.75, 3.05) is 4.81 Å². The van der Waals surface area contributed by atoms with Gasteiger partial charge >= 0.3 is 6.98 Å². The predicted molar refractivity (Wildman–Crippen MR) is 201 cm³/mol. The second-order valence-electron chi connectivity index (χ2n) is 12.4. The molecule has 1 aliphatic heterocycles. The fraction of sp³-hybridized carbons (Fsp3) is 0. The highest BCUT2D eigenvalue weighted by molar-refractivity contribution is 6.78. The Kier molecular flexibility index (Phi) is 5.94. The monoisotopic (exact) mass is 612 g/mol. The number of rotatable bonds is 4. The minimum atomic E-state index is -0.102. The summed E-state index contributed by atoms with van der Waals surface area (Å²) < 4.78 is 4.78. The average molecular weight is 613 g/mol. The van der Waals surface area contributed by atoms with E-state index < -0.39 is 0 Å². The van der Waals surface area contributed by atoms with Crippen molar-refractivity contribution >= 4 is 56.7 Å². The van der Waals surface area contributed by atoms with E-state index in [1.807, 2.05) is 0 Å². The van der Waals surface area contributed by atoms with Crippen LogP contribution in [0.5, 0.6) is 0 Å². The van der Waals surface area contributed by atoms with Crippen LogP contribution < -0.4 is 10.3 Å². The molecule has 0 unspecified atom stereocenters. The Hall–Kier alpha value is -6.33. The number of hydrogen-bond acceptors (Lipinski definition) is 2. The van der Waals surface area contributed by atoms with Crippen LogP contribution in [0.3, 0.4) is 0 Å².